The Bertz CT molecular complexity index is 478. The van der Waals surface area contributed by atoms with Crippen molar-refractivity contribution in [3.05, 3.63) is 24.3 Å². The Kier molecular flexibility index (Phi) is 3.29. The molecule has 19 heavy (non-hydrogen) atoms. The van der Waals surface area contributed by atoms with Crippen molar-refractivity contribution in [2.45, 2.75) is 31.5 Å². The normalized spacial score (nSPS) is 29.0. The summed E-state index contributed by atoms with van der Waals surface area (Å²) in [5, 5.41) is 9.61. The molecule has 3 atom stereocenters. The first-order valence-electron chi connectivity index (χ1n) is 6.75. The molecule has 102 valence electrons. The van der Waals surface area contributed by atoms with Crippen molar-refractivity contribution >= 4 is 17.3 Å². The van der Waals surface area contributed by atoms with Crippen LogP contribution in [0.4, 0.5) is 11.4 Å². The van der Waals surface area contributed by atoms with E-state index in [1.54, 1.807) is 0 Å². The molecule has 5 heteroatoms. The van der Waals surface area contributed by atoms with Gasteiger partial charge in [-0.1, -0.05) is 12.1 Å². The van der Waals surface area contributed by atoms with Crippen LogP contribution in [0.25, 0.3) is 0 Å². The van der Waals surface area contributed by atoms with Gasteiger partial charge in [0.25, 0.3) is 0 Å². The molecule has 1 amide bonds. The number of hydrogen-bond acceptors (Lipinski definition) is 4. The molecule has 2 heterocycles. The maximum absolute atomic E-state index is 12.2. The van der Waals surface area contributed by atoms with Gasteiger partial charge in [-0.3, -0.25) is 4.79 Å². The lowest BCUT2D eigenvalue weighted by Crippen LogP contribution is -2.50. The molecule has 3 unspecified atom stereocenters. The zero-order chi connectivity index (χ0) is 13.2. The number of benzene rings is 1. The molecule has 5 nitrogen and oxygen atoms in total. The third-order valence-corrected chi connectivity index (χ3v) is 3.77. The second-order valence-electron chi connectivity index (χ2n) is 5.10. The molecule has 1 fully saturated rings. The molecule has 1 aromatic carbocycles. The average molecular weight is 261 g/mol. The lowest BCUT2D eigenvalue weighted by Gasteiger charge is -2.28. The van der Waals surface area contributed by atoms with E-state index in [-0.39, 0.29) is 24.1 Å². The number of para-hydroxylation sites is 2. The molecular formula is C14H19N3O2. The van der Waals surface area contributed by atoms with E-state index in [0.29, 0.717) is 6.54 Å². The minimum atomic E-state index is -0.234. The van der Waals surface area contributed by atoms with Gasteiger partial charge in [-0.2, -0.15) is 0 Å². The lowest BCUT2D eigenvalue weighted by molar-refractivity contribution is -0.122. The first-order valence-corrected chi connectivity index (χ1v) is 6.75. The summed E-state index contributed by atoms with van der Waals surface area (Å²) >= 11 is 0. The molecular weight excluding hydrogens is 242 g/mol. The molecule has 0 bridgehead atoms. The van der Waals surface area contributed by atoms with Crippen LogP contribution in [0.5, 0.6) is 0 Å². The van der Waals surface area contributed by atoms with Crippen LogP contribution in [0, 0.1) is 0 Å². The third-order valence-electron chi connectivity index (χ3n) is 3.77. The fourth-order valence-electron chi connectivity index (χ4n) is 2.58. The molecule has 0 aromatic heterocycles. The van der Waals surface area contributed by atoms with Crippen LogP contribution in [0.2, 0.25) is 0 Å². The predicted molar refractivity (Wildman–Crippen MR) is 74.3 cm³/mol. The predicted octanol–water partition coefficient (Wildman–Crippen LogP) is 1.19. The molecule has 0 saturated carbocycles. The lowest BCUT2D eigenvalue weighted by atomic mass is 10.1. The van der Waals surface area contributed by atoms with Gasteiger partial charge in [-0.05, 0) is 25.5 Å². The Hall–Kier alpha value is -1.75. The van der Waals surface area contributed by atoms with Crippen molar-refractivity contribution < 1.29 is 9.53 Å². The van der Waals surface area contributed by atoms with Crippen LogP contribution in [-0.4, -0.2) is 37.2 Å². The number of nitrogens with one attached hydrogen (secondary N) is 3. The van der Waals surface area contributed by atoms with E-state index in [0.717, 1.165) is 24.4 Å². The van der Waals surface area contributed by atoms with E-state index in [9.17, 15) is 4.79 Å². The van der Waals surface area contributed by atoms with E-state index in [1.807, 2.05) is 31.2 Å². The maximum atomic E-state index is 12.2. The average Bonchev–Trinajstić information content (AvgIpc) is 2.84. The maximum Gasteiger partial charge on any atom is 0.244 e. The molecule has 2 aliphatic heterocycles. The zero-order valence-corrected chi connectivity index (χ0v) is 11.0. The van der Waals surface area contributed by atoms with Crippen LogP contribution in [0.15, 0.2) is 24.3 Å². The molecule has 3 N–H and O–H groups in total. The SMILES string of the molecule is CC1OCCC1NC(=O)C1CNc2ccccc2N1. The summed E-state index contributed by atoms with van der Waals surface area (Å²) in [6.07, 6.45) is 0.997. The number of ether oxygens (including phenoxy) is 1. The summed E-state index contributed by atoms with van der Waals surface area (Å²) in [5.41, 5.74) is 2.02. The van der Waals surface area contributed by atoms with Gasteiger partial charge in [-0.15, -0.1) is 0 Å². The minimum Gasteiger partial charge on any atom is -0.381 e. The fourth-order valence-corrected chi connectivity index (χ4v) is 2.58. The number of carbonyl (C=O) groups excluding carboxylic acids is 1. The second kappa shape index (κ2) is 5.09. The van der Waals surface area contributed by atoms with Gasteiger partial charge in [0.05, 0.1) is 23.5 Å². The first kappa shape index (κ1) is 12.3. The third kappa shape index (κ3) is 2.51. The summed E-state index contributed by atoms with van der Waals surface area (Å²) in [4.78, 5) is 12.2. The highest BCUT2D eigenvalue weighted by Gasteiger charge is 2.30. The van der Waals surface area contributed by atoms with Gasteiger partial charge in [0.2, 0.25) is 5.91 Å². The van der Waals surface area contributed by atoms with Crippen molar-refractivity contribution in [1.29, 1.82) is 0 Å². The number of anilines is 2. The van der Waals surface area contributed by atoms with Crippen molar-refractivity contribution in [2.24, 2.45) is 0 Å². The van der Waals surface area contributed by atoms with Crippen LogP contribution < -0.4 is 16.0 Å². The van der Waals surface area contributed by atoms with Gasteiger partial charge in [0, 0.05) is 13.2 Å². The monoisotopic (exact) mass is 261 g/mol. The Labute approximate surface area is 112 Å². The highest BCUT2D eigenvalue weighted by Crippen LogP contribution is 2.25. The van der Waals surface area contributed by atoms with Crippen molar-refractivity contribution in [3.63, 3.8) is 0 Å². The summed E-state index contributed by atoms with van der Waals surface area (Å²) in [6.45, 7) is 3.33. The van der Waals surface area contributed by atoms with Crippen molar-refractivity contribution in [1.82, 2.24) is 5.32 Å². The number of rotatable bonds is 2. The number of hydrogen-bond donors (Lipinski definition) is 3. The van der Waals surface area contributed by atoms with E-state index in [2.05, 4.69) is 16.0 Å². The van der Waals surface area contributed by atoms with E-state index >= 15 is 0 Å². The highest BCUT2D eigenvalue weighted by molar-refractivity contribution is 5.88. The summed E-state index contributed by atoms with van der Waals surface area (Å²) < 4.78 is 5.46. The number of amides is 1. The Balaban J connectivity index is 1.63. The standard InChI is InChI=1S/C14H19N3O2/c1-9-10(6-7-19-9)17-14(18)13-8-15-11-4-2-3-5-12(11)16-13/h2-5,9-10,13,15-16H,6-8H2,1H3,(H,17,18). The summed E-state index contributed by atoms with van der Waals surface area (Å²) in [5.74, 6) is 0.0318. The minimum absolute atomic E-state index is 0.0318. The zero-order valence-electron chi connectivity index (χ0n) is 11.0. The molecule has 2 aliphatic rings. The molecule has 0 aliphatic carbocycles. The van der Waals surface area contributed by atoms with Gasteiger partial charge in [-0.25, -0.2) is 0 Å². The topological polar surface area (TPSA) is 62.4 Å². The summed E-state index contributed by atoms with van der Waals surface area (Å²) in [7, 11) is 0. The number of fused-ring (bicyclic) bond motifs is 1. The van der Waals surface area contributed by atoms with Crippen LogP contribution >= 0.6 is 0 Å². The second-order valence-corrected chi connectivity index (χ2v) is 5.10. The molecule has 0 spiro atoms. The van der Waals surface area contributed by atoms with Crippen molar-refractivity contribution in [3.8, 4) is 0 Å². The quantitative estimate of drug-likeness (QED) is 0.748. The Morgan fingerprint density at radius 1 is 1.37 bits per heavy atom. The highest BCUT2D eigenvalue weighted by atomic mass is 16.5. The van der Waals surface area contributed by atoms with Crippen LogP contribution in [0.1, 0.15) is 13.3 Å². The Morgan fingerprint density at radius 3 is 2.89 bits per heavy atom. The first-order chi connectivity index (χ1) is 9.24. The molecule has 1 saturated heterocycles. The molecule has 0 radical (unpaired) electrons. The molecule has 3 rings (SSSR count). The van der Waals surface area contributed by atoms with Crippen molar-refractivity contribution in [2.75, 3.05) is 23.8 Å². The van der Waals surface area contributed by atoms with Gasteiger partial charge >= 0.3 is 0 Å². The van der Waals surface area contributed by atoms with E-state index in [4.69, 9.17) is 4.74 Å². The summed E-state index contributed by atoms with van der Waals surface area (Å²) in [6, 6.07) is 7.81. The smallest absolute Gasteiger partial charge is 0.244 e. The largest absolute Gasteiger partial charge is 0.381 e. The van der Waals surface area contributed by atoms with E-state index < -0.39 is 0 Å². The van der Waals surface area contributed by atoms with Gasteiger partial charge < -0.3 is 20.7 Å². The van der Waals surface area contributed by atoms with Gasteiger partial charge in [0.1, 0.15) is 6.04 Å². The van der Waals surface area contributed by atoms with Crippen LogP contribution in [0.3, 0.4) is 0 Å². The van der Waals surface area contributed by atoms with Crippen LogP contribution in [-0.2, 0) is 9.53 Å². The van der Waals surface area contributed by atoms with E-state index in [1.165, 1.54) is 0 Å². The Morgan fingerprint density at radius 2 is 2.16 bits per heavy atom. The van der Waals surface area contributed by atoms with Gasteiger partial charge in [0.15, 0.2) is 0 Å². The fraction of sp³-hybridized carbons (Fsp3) is 0.500. The molecule has 1 aromatic rings. The number of carbonyl (C=O) groups is 1.